The third-order valence-electron chi connectivity index (χ3n) is 2.62. The van der Waals surface area contributed by atoms with Gasteiger partial charge in [0, 0.05) is 23.0 Å². The van der Waals surface area contributed by atoms with Gasteiger partial charge in [0.05, 0.1) is 7.11 Å². The second kappa shape index (κ2) is 7.42. The van der Waals surface area contributed by atoms with E-state index in [-0.39, 0.29) is 5.69 Å². The van der Waals surface area contributed by atoms with E-state index in [1.807, 2.05) is 0 Å². The van der Waals surface area contributed by atoms with Crippen LogP contribution in [0, 0.1) is 0 Å². The Morgan fingerprint density at radius 2 is 2.09 bits per heavy atom. The molecule has 0 unspecified atom stereocenters. The lowest BCUT2D eigenvalue weighted by molar-refractivity contribution is -0.119. The SMILES string of the molecule is COc1cccc(NC(=O)COC(=O)c2cc(Cl)ccn2)c1. The Morgan fingerprint density at radius 3 is 2.82 bits per heavy atom. The molecule has 22 heavy (non-hydrogen) atoms. The van der Waals surface area contributed by atoms with Crippen LogP contribution in [0.3, 0.4) is 0 Å². The molecule has 1 N–H and O–H groups in total. The molecular weight excluding hydrogens is 308 g/mol. The third kappa shape index (κ3) is 4.46. The first-order valence-electron chi connectivity index (χ1n) is 6.31. The number of ether oxygens (including phenoxy) is 2. The van der Waals surface area contributed by atoms with Crippen LogP contribution in [0.5, 0.6) is 5.75 Å². The number of hydrogen-bond donors (Lipinski definition) is 1. The number of benzene rings is 1. The van der Waals surface area contributed by atoms with E-state index in [1.54, 1.807) is 24.3 Å². The van der Waals surface area contributed by atoms with Gasteiger partial charge in [-0.15, -0.1) is 0 Å². The van der Waals surface area contributed by atoms with Crippen LogP contribution in [0.4, 0.5) is 5.69 Å². The topological polar surface area (TPSA) is 77.5 Å². The van der Waals surface area contributed by atoms with Gasteiger partial charge in [0.25, 0.3) is 5.91 Å². The minimum Gasteiger partial charge on any atom is -0.497 e. The molecule has 7 heteroatoms. The molecular formula is C15H13ClN2O4. The molecule has 0 bridgehead atoms. The van der Waals surface area contributed by atoms with Crippen molar-refractivity contribution in [1.82, 2.24) is 4.98 Å². The van der Waals surface area contributed by atoms with Gasteiger partial charge in [-0.3, -0.25) is 4.79 Å². The molecule has 1 aromatic carbocycles. The van der Waals surface area contributed by atoms with E-state index in [9.17, 15) is 9.59 Å². The molecule has 1 amide bonds. The molecule has 1 heterocycles. The van der Waals surface area contributed by atoms with Crippen molar-refractivity contribution in [2.24, 2.45) is 0 Å². The summed E-state index contributed by atoms with van der Waals surface area (Å²) in [6, 6.07) is 9.73. The highest BCUT2D eigenvalue weighted by atomic mass is 35.5. The van der Waals surface area contributed by atoms with Crippen LogP contribution >= 0.6 is 11.6 Å². The van der Waals surface area contributed by atoms with E-state index in [0.717, 1.165) is 0 Å². The second-order valence-electron chi connectivity index (χ2n) is 4.22. The van der Waals surface area contributed by atoms with Crippen LogP contribution in [-0.2, 0) is 9.53 Å². The highest BCUT2D eigenvalue weighted by molar-refractivity contribution is 6.30. The Bertz CT molecular complexity index is 691. The van der Waals surface area contributed by atoms with Crippen molar-refractivity contribution in [2.45, 2.75) is 0 Å². The highest BCUT2D eigenvalue weighted by Crippen LogP contribution is 2.16. The van der Waals surface area contributed by atoms with E-state index in [2.05, 4.69) is 10.3 Å². The molecule has 1 aromatic heterocycles. The monoisotopic (exact) mass is 320 g/mol. The van der Waals surface area contributed by atoms with Gasteiger partial charge in [-0.1, -0.05) is 17.7 Å². The fraction of sp³-hybridized carbons (Fsp3) is 0.133. The minimum absolute atomic E-state index is 0.0432. The summed E-state index contributed by atoms with van der Waals surface area (Å²) in [6.07, 6.45) is 1.38. The predicted octanol–water partition coefficient (Wildman–Crippen LogP) is 2.54. The number of rotatable bonds is 5. The summed E-state index contributed by atoms with van der Waals surface area (Å²) in [5.41, 5.74) is 0.586. The molecule has 0 aliphatic rings. The largest absolute Gasteiger partial charge is 0.497 e. The number of methoxy groups -OCH3 is 1. The van der Waals surface area contributed by atoms with Crippen LogP contribution in [0.25, 0.3) is 0 Å². The lowest BCUT2D eigenvalue weighted by Gasteiger charge is -2.07. The number of esters is 1. The number of pyridine rings is 1. The Morgan fingerprint density at radius 1 is 1.27 bits per heavy atom. The molecule has 0 radical (unpaired) electrons. The van der Waals surface area contributed by atoms with E-state index in [1.165, 1.54) is 25.4 Å². The summed E-state index contributed by atoms with van der Waals surface area (Å²) < 4.78 is 9.92. The summed E-state index contributed by atoms with van der Waals surface area (Å²) in [6.45, 7) is -0.426. The molecule has 2 aromatic rings. The van der Waals surface area contributed by atoms with Crippen LogP contribution in [-0.4, -0.2) is 30.6 Å². The quantitative estimate of drug-likeness (QED) is 0.857. The van der Waals surface area contributed by atoms with Crippen LogP contribution in [0.2, 0.25) is 5.02 Å². The number of amides is 1. The summed E-state index contributed by atoms with van der Waals surface area (Å²) in [5, 5.41) is 2.96. The third-order valence-corrected chi connectivity index (χ3v) is 2.85. The van der Waals surface area contributed by atoms with Crippen LogP contribution < -0.4 is 10.1 Å². The Hall–Kier alpha value is -2.60. The van der Waals surface area contributed by atoms with Gasteiger partial charge >= 0.3 is 5.97 Å². The molecule has 0 aliphatic heterocycles. The van der Waals surface area contributed by atoms with Gasteiger partial charge in [-0.2, -0.15) is 0 Å². The van der Waals surface area contributed by atoms with Crippen molar-refractivity contribution in [1.29, 1.82) is 0 Å². The maximum Gasteiger partial charge on any atom is 0.357 e. The van der Waals surface area contributed by atoms with E-state index < -0.39 is 18.5 Å². The maximum atomic E-state index is 11.7. The summed E-state index contributed by atoms with van der Waals surface area (Å²) >= 11 is 5.75. The number of halogens is 1. The average Bonchev–Trinajstić information content (AvgIpc) is 2.52. The number of hydrogen-bond acceptors (Lipinski definition) is 5. The molecule has 0 atom stereocenters. The molecule has 0 aliphatic carbocycles. The smallest absolute Gasteiger partial charge is 0.357 e. The second-order valence-corrected chi connectivity index (χ2v) is 4.65. The molecule has 114 valence electrons. The van der Waals surface area contributed by atoms with Gasteiger partial charge in [-0.25, -0.2) is 9.78 Å². The summed E-state index contributed by atoms with van der Waals surface area (Å²) in [5.74, 6) is -0.579. The van der Waals surface area contributed by atoms with Crippen LogP contribution in [0.15, 0.2) is 42.6 Å². The van der Waals surface area contributed by atoms with Crippen molar-refractivity contribution in [3.63, 3.8) is 0 Å². The lowest BCUT2D eigenvalue weighted by Crippen LogP contribution is -2.21. The zero-order valence-corrected chi connectivity index (χ0v) is 12.5. The number of aromatic nitrogens is 1. The molecule has 0 saturated heterocycles. The van der Waals surface area contributed by atoms with Crippen molar-refractivity contribution >= 4 is 29.2 Å². The molecule has 0 saturated carbocycles. The number of carbonyl (C=O) groups excluding carboxylic acids is 2. The normalized spacial score (nSPS) is 9.91. The molecule has 0 fully saturated rings. The van der Waals surface area contributed by atoms with E-state index in [4.69, 9.17) is 21.1 Å². The molecule has 0 spiro atoms. The fourth-order valence-electron chi connectivity index (χ4n) is 1.62. The van der Waals surface area contributed by atoms with Gasteiger partial charge < -0.3 is 14.8 Å². The molecule has 6 nitrogen and oxygen atoms in total. The predicted molar refractivity (Wildman–Crippen MR) is 81.2 cm³/mol. The van der Waals surface area contributed by atoms with Crippen molar-refractivity contribution in [3.05, 3.63) is 53.3 Å². The Labute approximate surface area is 132 Å². The van der Waals surface area contributed by atoms with Gasteiger partial charge in [0.1, 0.15) is 11.4 Å². The van der Waals surface area contributed by atoms with Crippen molar-refractivity contribution in [3.8, 4) is 5.75 Å². The van der Waals surface area contributed by atoms with Crippen LogP contribution in [0.1, 0.15) is 10.5 Å². The summed E-state index contributed by atoms with van der Waals surface area (Å²) in [4.78, 5) is 27.3. The minimum atomic E-state index is -0.719. The summed E-state index contributed by atoms with van der Waals surface area (Å²) in [7, 11) is 1.53. The zero-order chi connectivity index (χ0) is 15.9. The van der Waals surface area contributed by atoms with Gasteiger partial charge in [0.15, 0.2) is 6.61 Å². The number of nitrogens with one attached hydrogen (secondary N) is 1. The highest BCUT2D eigenvalue weighted by Gasteiger charge is 2.12. The van der Waals surface area contributed by atoms with Crippen molar-refractivity contribution in [2.75, 3.05) is 19.0 Å². The first-order chi connectivity index (χ1) is 10.6. The lowest BCUT2D eigenvalue weighted by atomic mass is 10.3. The maximum absolute atomic E-state index is 11.7. The van der Waals surface area contributed by atoms with Gasteiger partial charge in [-0.05, 0) is 24.3 Å². The fourth-order valence-corrected chi connectivity index (χ4v) is 1.78. The molecule has 2 rings (SSSR count). The average molecular weight is 321 g/mol. The van der Waals surface area contributed by atoms with Crippen molar-refractivity contribution < 1.29 is 19.1 Å². The number of carbonyl (C=O) groups is 2. The van der Waals surface area contributed by atoms with E-state index in [0.29, 0.717) is 16.5 Å². The Balaban J connectivity index is 1.88. The first-order valence-corrected chi connectivity index (χ1v) is 6.69. The Kier molecular flexibility index (Phi) is 5.32. The zero-order valence-electron chi connectivity index (χ0n) is 11.7. The number of nitrogens with zero attached hydrogens (tertiary/aromatic N) is 1. The standard InChI is InChI=1S/C15H13ClN2O4/c1-21-12-4-2-3-11(8-12)18-14(19)9-22-15(20)13-7-10(16)5-6-17-13/h2-8H,9H2,1H3,(H,18,19). The van der Waals surface area contributed by atoms with E-state index >= 15 is 0 Å². The first kappa shape index (κ1) is 15.8. The van der Waals surface area contributed by atoms with Gasteiger partial charge in [0.2, 0.25) is 0 Å². The number of anilines is 1.